The van der Waals surface area contributed by atoms with Crippen molar-refractivity contribution >= 4 is 5.91 Å². The molecule has 0 saturated carbocycles. The van der Waals surface area contributed by atoms with E-state index >= 15 is 0 Å². The summed E-state index contributed by atoms with van der Waals surface area (Å²) in [6, 6.07) is 20.4. The van der Waals surface area contributed by atoms with E-state index in [1.165, 1.54) is 5.56 Å². The minimum Gasteiger partial charge on any atom is -0.353 e. The first kappa shape index (κ1) is 21.5. The fourth-order valence-corrected chi connectivity index (χ4v) is 4.14. The number of hydrogen-bond donors (Lipinski definition) is 1. The van der Waals surface area contributed by atoms with E-state index in [-0.39, 0.29) is 18.0 Å². The van der Waals surface area contributed by atoms with Crippen molar-refractivity contribution < 1.29 is 4.79 Å². The van der Waals surface area contributed by atoms with Gasteiger partial charge in [0.05, 0.1) is 6.04 Å². The van der Waals surface area contributed by atoms with Crippen LogP contribution in [0.1, 0.15) is 30.1 Å². The lowest BCUT2D eigenvalue weighted by atomic mass is 10.0. The van der Waals surface area contributed by atoms with Crippen molar-refractivity contribution in [2.45, 2.75) is 19.0 Å². The maximum absolute atomic E-state index is 13.1. The van der Waals surface area contributed by atoms with Gasteiger partial charge in [0.2, 0.25) is 5.91 Å². The molecule has 0 radical (unpaired) electrons. The second-order valence-corrected chi connectivity index (χ2v) is 7.92. The van der Waals surface area contributed by atoms with E-state index in [1.54, 1.807) is 0 Å². The van der Waals surface area contributed by atoms with Crippen molar-refractivity contribution in [1.82, 2.24) is 20.0 Å². The SMILES string of the molecule is CCN1CCN(C(CNC(=O)C(c2ccccc2)N(C)C)c2ccccc2)CC1. The van der Waals surface area contributed by atoms with Gasteiger partial charge < -0.3 is 10.2 Å². The molecule has 1 aliphatic heterocycles. The molecule has 0 aliphatic carbocycles. The van der Waals surface area contributed by atoms with Crippen LogP contribution in [0.5, 0.6) is 0 Å². The summed E-state index contributed by atoms with van der Waals surface area (Å²) in [5.74, 6) is 0.0503. The standard InChI is InChI=1S/C24H34N4O/c1-4-27-15-17-28(18-16-27)22(20-11-7-5-8-12-20)19-25-24(29)23(26(2)3)21-13-9-6-10-14-21/h5-14,22-23H,4,15-19H2,1-3H3,(H,25,29). The van der Waals surface area contributed by atoms with E-state index in [9.17, 15) is 4.79 Å². The van der Waals surface area contributed by atoms with Crippen LogP contribution in [0.15, 0.2) is 60.7 Å². The van der Waals surface area contributed by atoms with Crippen molar-refractivity contribution in [2.75, 3.05) is 53.4 Å². The third-order valence-electron chi connectivity index (χ3n) is 5.83. The number of rotatable bonds is 8. The van der Waals surface area contributed by atoms with Gasteiger partial charge >= 0.3 is 0 Å². The summed E-state index contributed by atoms with van der Waals surface area (Å²) in [5.41, 5.74) is 2.28. The molecule has 156 valence electrons. The normalized spacial score (nSPS) is 17.8. The zero-order chi connectivity index (χ0) is 20.6. The van der Waals surface area contributed by atoms with Gasteiger partial charge in [-0.25, -0.2) is 0 Å². The summed E-state index contributed by atoms with van der Waals surface area (Å²) in [6.45, 7) is 8.15. The Bertz CT molecular complexity index is 742. The fourth-order valence-electron chi connectivity index (χ4n) is 4.14. The van der Waals surface area contributed by atoms with Crippen LogP contribution in [-0.4, -0.2) is 74.0 Å². The van der Waals surface area contributed by atoms with Crippen molar-refractivity contribution in [3.63, 3.8) is 0 Å². The number of likely N-dealkylation sites (N-methyl/N-ethyl adjacent to an activating group) is 2. The maximum atomic E-state index is 13.1. The molecule has 1 fully saturated rings. The molecular weight excluding hydrogens is 360 g/mol. The van der Waals surface area contributed by atoms with Gasteiger partial charge in [-0.1, -0.05) is 67.6 Å². The third-order valence-corrected chi connectivity index (χ3v) is 5.83. The van der Waals surface area contributed by atoms with Crippen molar-refractivity contribution in [3.05, 3.63) is 71.8 Å². The molecule has 0 spiro atoms. The molecule has 1 N–H and O–H groups in total. The van der Waals surface area contributed by atoms with E-state index in [0.717, 1.165) is 38.3 Å². The van der Waals surface area contributed by atoms with Crippen LogP contribution in [0.3, 0.4) is 0 Å². The lowest BCUT2D eigenvalue weighted by Gasteiger charge is -2.39. The zero-order valence-electron chi connectivity index (χ0n) is 17.9. The van der Waals surface area contributed by atoms with Gasteiger partial charge in [0.25, 0.3) is 0 Å². The summed E-state index contributed by atoms with van der Waals surface area (Å²) >= 11 is 0. The summed E-state index contributed by atoms with van der Waals surface area (Å²) in [6.07, 6.45) is 0. The van der Waals surface area contributed by atoms with Crippen LogP contribution < -0.4 is 5.32 Å². The molecule has 1 aliphatic rings. The average Bonchev–Trinajstić information content (AvgIpc) is 2.76. The number of nitrogens with one attached hydrogen (secondary N) is 1. The van der Waals surface area contributed by atoms with E-state index in [4.69, 9.17) is 0 Å². The quantitative estimate of drug-likeness (QED) is 0.747. The zero-order valence-corrected chi connectivity index (χ0v) is 17.9. The molecule has 5 heteroatoms. The molecule has 2 unspecified atom stereocenters. The van der Waals surface area contributed by atoms with Crippen LogP contribution in [0.25, 0.3) is 0 Å². The van der Waals surface area contributed by atoms with Crippen LogP contribution in [-0.2, 0) is 4.79 Å². The molecule has 2 atom stereocenters. The van der Waals surface area contributed by atoms with Crippen LogP contribution in [0.2, 0.25) is 0 Å². The van der Waals surface area contributed by atoms with Gasteiger partial charge in [0.1, 0.15) is 6.04 Å². The minimum absolute atomic E-state index is 0.0503. The van der Waals surface area contributed by atoms with Crippen LogP contribution in [0.4, 0.5) is 0 Å². The highest BCUT2D eigenvalue weighted by Gasteiger charge is 2.27. The lowest BCUT2D eigenvalue weighted by Crippen LogP contribution is -2.50. The van der Waals surface area contributed by atoms with Crippen LogP contribution >= 0.6 is 0 Å². The number of hydrogen-bond acceptors (Lipinski definition) is 4. The number of benzene rings is 2. The van der Waals surface area contributed by atoms with Crippen molar-refractivity contribution in [1.29, 1.82) is 0 Å². The Morgan fingerprint density at radius 1 is 0.931 bits per heavy atom. The smallest absolute Gasteiger partial charge is 0.242 e. The van der Waals surface area contributed by atoms with Gasteiger partial charge in [-0.05, 0) is 31.8 Å². The maximum Gasteiger partial charge on any atom is 0.242 e. The van der Waals surface area contributed by atoms with Crippen molar-refractivity contribution in [3.8, 4) is 0 Å². The van der Waals surface area contributed by atoms with Gasteiger partial charge in [-0.3, -0.25) is 14.6 Å². The fraction of sp³-hybridized carbons (Fsp3) is 0.458. The monoisotopic (exact) mass is 394 g/mol. The highest BCUT2D eigenvalue weighted by atomic mass is 16.2. The van der Waals surface area contributed by atoms with Crippen molar-refractivity contribution in [2.24, 2.45) is 0 Å². The van der Waals surface area contributed by atoms with E-state index in [1.807, 2.05) is 55.4 Å². The Morgan fingerprint density at radius 3 is 2.00 bits per heavy atom. The first-order chi connectivity index (χ1) is 14.1. The lowest BCUT2D eigenvalue weighted by molar-refractivity contribution is -0.126. The second-order valence-electron chi connectivity index (χ2n) is 7.92. The predicted octanol–water partition coefficient (Wildman–Crippen LogP) is 2.78. The molecule has 0 aromatic heterocycles. The summed E-state index contributed by atoms with van der Waals surface area (Å²) in [7, 11) is 3.91. The van der Waals surface area contributed by atoms with Gasteiger partial charge in [0.15, 0.2) is 0 Å². The summed E-state index contributed by atoms with van der Waals surface area (Å²) < 4.78 is 0. The predicted molar refractivity (Wildman–Crippen MR) is 119 cm³/mol. The minimum atomic E-state index is -0.287. The number of carbonyl (C=O) groups is 1. The molecule has 29 heavy (non-hydrogen) atoms. The van der Waals surface area contributed by atoms with E-state index < -0.39 is 0 Å². The molecule has 1 heterocycles. The largest absolute Gasteiger partial charge is 0.353 e. The summed E-state index contributed by atoms with van der Waals surface area (Å²) in [4.78, 5) is 20.1. The first-order valence-electron chi connectivity index (χ1n) is 10.6. The topological polar surface area (TPSA) is 38.8 Å². The Hall–Kier alpha value is -2.21. The number of amides is 1. The Balaban J connectivity index is 1.71. The van der Waals surface area contributed by atoms with Crippen LogP contribution in [0, 0.1) is 0 Å². The Labute approximate surface area is 175 Å². The molecule has 0 bridgehead atoms. The summed E-state index contributed by atoms with van der Waals surface area (Å²) in [5, 5.41) is 3.25. The van der Waals surface area contributed by atoms with Gasteiger partial charge in [0, 0.05) is 32.7 Å². The van der Waals surface area contributed by atoms with Gasteiger partial charge in [-0.15, -0.1) is 0 Å². The molecule has 1 amide bonds. The molecule has 2 aromatic rings. The number of nitrogens with zero attached hydrogens (tertiary/aromatic N) is 3. The third kappa shape index (κ3) is 5.66. The van der Waals surface area contributed by atoms with E-state index in [0.29, 0.717) is 6.54 Å². The molecule has 5 nitrogen and oxygen atoms in total. The average molecular weight is 395 g/mol. The first-order valence-corrected chi connectivity index (χ1v) is 10.6. The second kappa shape index (κ2) is 10.5. The molecule has 3 rings (SSSR count). The Kier molecular flexibility index (Phi) is 7.81. The van der Waals surface area contributed by atoms with E-state index in [2.05, 4.69) is 46.3 Å². The molecule has 2 aromatic carbocycles. The Morgan fingerprint density at radius 2 is 1.48 bits per heavy atom. The molecule has 1 saturated heterocycles. The highest BCUT2D eigenvalue weighted by Crippen LogP contribution is 2.23. The molecular formula is C24H34N4O. The number of piperazine rings is 1. The highest BCUT2D eigenvalue weighted by molar-refractivity contribution is 5.83. The van der Waals surface area contributed by atoms with Gasteiger partial charge in [-0.2, -0.15) is 0 Å². The number of carbonyl (C=O) groups excluding carboxylic acids is 1.